The molecule has 130 valence electrons. The van der Waals surface area contributed by atoms with Gasteiger partial charge in [0.2, 0.25) is 5.91 Å². The maximum absolute atomic E-state index is 12.5. The second-order valence-electron chi connectivity index (χ2n) is 6.79. The number of rotatable bonds is 4. The summed E-state index contributed by atoms with van der Waals surface area (Å²) in [5, 5.41) is 13.4. The van der Waals surface area contributed by atoms with Crippen LogP contribution in [0.4, 0.5) is 0 Å². The molecule has 1 N–H and O–H groups in total. The fourth-order valence-electron chi connectivity index (χ4n) is 3.73. The minimum atomic E-state index is -0.938. The number of allylic oxidation sites excluding steroid dienone is 1. The topological polar surface area (TPSA) is 75.4 Å². The van der Waals surface area contributed by atoms with Crippen LogP contribution in [-0.2, 0) is 4.79 Å². The fraction of sp³-hybridized carbons (Fsp3) is 0.611. The van der Waals surface area contributed by atoms with Crippen molar-refractivity contribution in [2.45, 2.75) is 57.9 Å². The van der Waals surface area contributed by atoms with Crippen LogP contribution in [0.3, 0.4) is 0 Å². The Hall–Kier alpha value is -2.11. The summed E-state index contributed by atoms with van der Waals surface area (Å²) in [6, 6.07) is 0.177. The first-order valence-electron chi connectivity index (χ1n) is 8.79. The lowest BCUT2D eigenvalue weighted by molar-refractivity contribution is -0.131. The van der Waals surface area contributed by atoms with Crippen molar-refractivity contribution < 1.29 is 14.7 Å². The van der Waals surface area contributed by atoms with Crippen molar-refractivity contribution >= 4 is 11.9 Å². The normalized spacial score (nSPS) is 19.2. The highest BCUT2D eigenvalue weighted by molar-refractivity contribution is 5.88. The summed E-state index contributed by atoms with van der Waals surface area (Å²) in [4.78, 5) is 25.5. The summed E-state index contributed by atoms with van der Waals surface area (Å²) in [6.45, 7) is 3.24. The van der Waals surface area contributed by atoms with E-state index in [2.05, 4.69) is 11.2 Å². The van der Waals surface area contributed by atoms with Crippen molar-refractivity contribution in [2.24, 2.45) is 0 Å². The van der Waals surface area contributed by atoms with Crippen molar-refractivity contribution in [3.63, 3.8) is 0 Å². The van der Waals surface area contributed by atoms with Gasteiger partial charge in [0.1, 0.15) is 5.56 Å². The SMILES string of the molecule is Cc1c(C(=O)O)cnn1C1CCN(C(=O)CC2=CCCCC2)CC1. The molecular weight excluding hydrogens is 306 g/mol. The lowest BCUT2D eigenvalue weighted by Crippen LogP contribution is -2.39. The summed E-state index contributed by atoms with van der Waals surface area (Å²) >= 11 is 0. The molecule has 0 saturated carbocycles. The van der Waals surface area contributed by atoms with Crippen LogP contribution in [0.15, 0.2) is 17.8 Å². The van der Waals surface area contributed by atoms with Gasteiger partial charge in [0, 0.05) is 19.5 Å². The number of aromatic carboxylic acids is 1. The molecule has 0 unspecified atom stereocenters. The number of carbonyl (C=O) groups is 2. The van der Waals surface area contributed by atoms with Crippen molar-refractivity contribution in [2.75, 3.05) is 13.1 Å². The molecule has 1 fully saturated rings. The summed E-state index contributed by atoms with van der Waals surface area (Å²) in [7, 11) is 0. The second kappa shape index (κ2) is 7.20. The quantitative estimate of drug-likeness (QED) is 0.861. The Labute approximate surface area is 142 Å². The van der Waals surface area contributed by atoms with Gasteiger partial charge in [0.25, 0.3) is 0 Å². The molecule has 0 spiro atoms. The standard InChI is InChI=1S/C18H25N3O3/c1-13-16(18(23)24)12-19-21(13)15-7-9-20(10-8-15)17(22)11-14-5-3-2-4-6-14/h5,12,15H,2-4,6-11H2,1H3,(H,23,24). The number of carboxylic acid groups (broad SMARTS) is 1. The first kappa shape index (κ1) is 16.7. The maximum Gasteiger partial charge on any atom is 0.339 e. The highest BCUT2D eigenvalue weighted by Gasteiger charge is 2.26. The Kier molecular flexibility index (Phi) is 5.02. The van der Waals surface area contributed by atoms with Crippen LogP contribution in [0, 0.1) is 6.92 Å². The molecule has 6 heteroatoms. The molecule has 1 aliphatic heterocycles. The molecule has 1 aromatic rings. The van der Waals surface area contributed by atoms with Crippen LogP contribution in [0.1, 0.15) is 67.0 Å². The molecule has 0 radical (unpaired) electrons. The molecule has 6 nitrogen and oxygen atoms in total. The second-order valence-corrected chi connectivity index (χ2v) is 6.79. The van der Waals surface area contributed by atoms with Gasteiger partial charge in [0.05, 0.1) is 17.9 Å². The van der Waals surface area contributed by atoms with Gasteiger partial charge in [-0.3, -0.25) is 9.48 Å². The molecule has 24 heavy (non-hydrogen) atoms. The van der Waals surface area contributed by atoms with Crippen LogP contribution >= 0.6 is 0 Å². The van der Waals surface area contributed by atoms with E-state index in [1.54, 1.807) is 6.92 Å². The largest absolute Gasteiger partial charge is 0.478 e. The van der Waals surface area contributed by atoms with E-state index in [1.807, 2.05) is 9.58 Å². The van der Waals surface area contributed by atoms with Gasteiger partial charge < -0.3 is 10.0 Å². The zero-order valence-electron chi connectivity index (χ0n) is 14.2. The van der Waals surface area contributed by atoms with Gasteiger partial charge in [-0.15, -0.1) is 0 Å². The van der Waals surface area contributed by atoms with Crippen molar-refractivity contribution in [3.05, 3.63) is 29.1 Å². The number of hydrogen-bond donors (Lipinski definition) is 1. The number of amides is 1. The highest BCUT2D eigenvalue weighted by Crippen LogP contribution is 2.26. The predicted octanol–water partition coefficient (Wildman–Crippen LogP) is 2.94. The van der Waals surface area contributed by atoms with Crippen molar-refractivity contribution in [1.82, 2.24) is 14.7 Å². The number of carboxylic acids is 1. The van der Waals surface area contributed by atoms with E-state index in [0.717, 1.165) is 38.8 Å². The minimum absolute atomic E-state index is 0.177. The lowest BCUT2D eigenvalue weighted by Gasteiger charge is -2.33. The summed E-state index contributed by atoms with van der Waals surface area (Å²) in [5.41, 5.74) is 2.25. The number of piperidine rings is 1. The Balaban J connectivity index is 1.56. The predicted molar refractivity (Wildman–Crippen MR) is 89.9 cm³/mol. The molecular formula is C18H25N3O3. The summed E-state index contributed by atoms with van der Waals surface area (Å²) in [6.07, 6.45) is 10.5. The van der Waals surface area contributed by atoms with E-state index in [4.69, 9.17) is 5.11 Å². The third-order valence-electron chi connectivity index (χ3n) is 5.20. The van der Waals surface area contributed by atoms with Crippen LogP contribution in [0.25, 0.3) is 0 Å². The molecule has 0 atom stereocenters. The van der Waals surface area contributed by atoms with Gasteiger partial charge in [-0.05, 0) is 45.4 Å². The van der Waals surface area contributed by atoms with Crippen LogP contribution in [-0.4, -0.2) is 44.8 Å². The molecule has 1 aliphatic carbocycles. The maximum atomic E-state index is 12.5. The Morgan fingerprint density at radius 2 is 2.04 bits per heavy atom. The van der Waals surface area contributed by atoms with E-state index >= 15 is 0 Å². The van der Waals surface area contributed by atoms with Crippen molar-refractivity contribution in [3.8, 4) is 0 Å². The third-order valence-corrected chi connectivity index (χ3v) is 5.20. The molecule has 0 aromatic carbocycles. The molecule has 1 aromatic heterocycles. The molecule has 2 aliphatic rings. The van der Waals surface area contributed by atoms with E-state index in [1.165, 1.54) is 24.6 Å². The van der Waals surface area contributed by atoms with Gasteiger partial charge in [-0.25, -0.2) is 4.79 Å². The summed E-state index contributed by atoms with van der Waals surface area (Å²) in [5.74, 6) is -0.711. The number of aromatic nitrogens is 2. The van der Waals surface area contributed by atoms with E-state index in [-0.39, 0.29) is 17.5 Å². The minimum Gasteiger partial charge on any atom is -0.478 e. The number of likely N-dealkylation sites (tertiary alicyclic amines) is 1. The highest BCUT2D eigenvalue weighted by atomic mass is 16.4. The Morgan fingerprint density at radius 1 is 1.29 bits per heavy atom. The van der Waals surface area contributed by atoms with E-state index in [9.17, 15) is 9.59 Å². The average molecular weight is 331 g/mol. The van der Waals surface area contributed by atoms with Gasteiger partial charge in [-0.2, -0.15) is 5.10 Å². The van der Waals surface area contributed by atoms with Gasteiger partial charge in [0.15, 0.2) is 0 Å². The van der Waals surface area contributed by atoms with Crippen LogP contribution in [0.5, 0.6) is 0 Å². The Morgan fingerprint density at radius 3 is 2.62 bits per heavy atom. The van der Waals surface area contributed by atoms with Crippen LogP contribution < -0.4 is 0 Å². The molecule has 1 saturated heterocycles. The summed E-state index contributed by atoms with van der Waals surface area (Å²) < 4.78 is 1.81. The third kappa shape index (κ3) is 3.52. The fourth-order valence-corrected chi connectivity index (χ4v) is 3.73. The molecule has 3 rings (SSSR count). The number of hydrogen-bond acceptors (Lipinski definition) is 3. The molecule has 0 bridgehead atoms. The van der Waals surface area contributed by atoms with Crippen molar-refractivity contribution in [1.29, 1.82) is 0 Å². The zero-order valence-corrected chi connectivity index (χ0v) is 14.2. The first-order valence-corrected chi connectivity index (χ1v) is 8.79. The number of carbonyl (C=O) groups excluding carboxylic acids is 1. The average Bonchev–Trinajstić information content (AvgIpc) is 2.97. The lowest BCUT2D eigenvalue weighted by atomic mass is 9.96. The molecule has 1 amide bonds. The zero-order chi connectivity index (χ0) is 17.1. The van der Waals surface area contributed by atoms with E-state index < -0.39 is 5.97 Å². The van der Waals surface area contributed by atoms with E-state index in [0.29, 0.717) is 12.1 Å². The smallest absolute Gasteiger partial charge is 0.339 e. The first-order chi connectivity index (χ1) is 11.6. The van der Waals surface area contributed by atoms with Gasteiger partial charge >= 0.3 is 5.97 Å². The monoisotopic (exact) mass is 331 g/mol. The van der Waals surface area contributed by atoms with Crippen LogP contribution in [0.2, 0.25) is 0 Å². The number of nitrogens with zero attached hydrogens (tertiary/aromatic N) is 3. The molecule has 2 heterocycles. The van der Waals surface area contributed by atoms with Gasteiger partial charge in [-0.1, -0.05) is 11.6 Å². The Bertz CT molecular complexity index is 654.